The smallest absolute Gasteiger partial charge is 0.462 e. The Kier molecular flexibility index (Phi) is 36.2. The summed E-state index contributed by atoms with van der Waals surface area (Å²) >= 11 is 0. The number of hydrogen-bond donors (Lipinski definition) is 3. The van der Waals surface area contributed by atoms with Crippen molar-refractivity contribution in [3.63, 3.8) is 0 Å². The SMILES string of the molecule is CCCCC/C=C/CCCCCCCC(=O)OC[C@H](COP(=O)(O)OC[C@@H](O)CO)OC(=O)CCC/C=C/C/C=C/CCCCCCCCCCC. The van der Waals surface area contributed by atoms with Crippen LogP contribution in [0.25, 0.3) is 0 Å². The van der Waals surface area contributed by atoms with Crippen molar-refractivity contribution in [2.24, 2.45) is 0 Å². The van der Waals surface area contributed by atoms with Crippen molar-refractivity contribution in [2.75, 3.05) is 26.4 Å². The third-order valence-electron chi connectivity index (χ3n) is 8.52. The number of aliphatic hydroxyl groups is 2. The Morgan fingerprint density at radius 1 is 0.577 bits per heavy atom. The molecule has 0 aliphatic heterocycles. The van der Waals surface area contributed by atoms with Gasteiger partial charge in [-0.25, -0.2) is 4.57 Å². The molecule has 10 nitrogen and oxygen atoms in total. The number of carbonyl (C=O) groups is 2. The summed E-state index contributed by atoms with van der Waals surface area (Å²) in [6, 6.07) is 0. The third kappa shape index (κ3) is 36.5. The number of phosphoric ester groups is 1. The highest BCUT2D eigenvalue weighted by Crippen LogP contribution is 2.43. The Morgan fingerprint density at radius 3 is 1.60 bits per heavy atom. The van der Waals surface area contributed by atoms with E-state index in [1.165, 1.54) is 77.0 Å². The summed E-state index contributed by atoms with van der Waals surface area (Å²) in [6.07, 6.45) is 36.9. The van der Waals surface area contributed by atoms with Gasteiger partial charge in [0.25, 0.3) is 0 Å². The molecule has 0 aromatic carbocycles. The zero-order chi connectivity index (χ0) is 38.4. The van der Waals surface area contributed by atoms with Crippen LogP contribution in [-0.2, 0) is 32.7 Å². The molecule has 0 fully saturated rings. The molecule has 0 radical (unpaired) electrons. The molecule has 3 N–H and O–H groups in total. The molecule has 3 atom stereocenters. The van der Waals surface area contributed by atoms with E-state index in [9.17, 15) is 24.2 Å². The molecule has 1 unspecified atom stereocenters. The van der Waals surface area contributed by atoms with E-state index in [1.807, 2.05) is 6.08 Å². The molecule has 52 heavy (non-hydrogen) atoms. The van der Waals surface area contributed by atoms with E-state index in [0.717, 1.165) is 51.4 Å². The summed E-state index contributed by atoms with van der Waals surface area (Å²) in [5, 5.41) is 18.3. The number of ether oxygens (including phenoxy) is 2. The Hall–Kier alpha value is -1.81. The van der Waals surface area contributed by atoms with Crippen LogP contribution < -0.4 is 0 Å². The predicted octanol–water partition coefficient (Wildman–Crippen LogP) is 10.4. The lowest BCUT2D eigenvalue weighted by Gasteiger charge is -2.20. The number of carbonyl (C=O) groups excluding carboxylic acids is 2. The average Bonchev–Trinajstić information content (AvgIpc) is 3.13. The Bertz CT molecular complexity index is 967. The molecular weight excluding hydrogens is 683 g/mol. The first-order chi connectivity index (χ1) is 25.2. The molecule has 11 heteroatoms. The van der Waals surface area contributed by atoms with Gasteiger partial charge in [0.1, 0.15) is 12.7 Å². The second kappa shape index (κ2) is 37.5. The van der Waals surface area contributed by atoms with Gasteiger partial charge in [0.2, 0.25) is 0 Å². The average molecular weight is 759 g/mol. The molecule has 0 saturated carbocycles. The topological polar surface area (TPSA) is 149 Å². The lowest BCUT2D eigenvalue weighted by molar-refractivity contribution is -0.161. The van der Waals surface area contributed by atoms with Crippen molar-refractivity contribution in [1.29, 1.82) is 0 Å². The van der Waals surface area contributed by atoms with Crippen LogP contribution in [0.15, 0.2) is 36.5 Å². The van der Waals surface area contributed by atoms with E-state index in [-0.39, 0.29) is 19.4 Å². The zero-order valence-electron chi connectivity index (χ0n) is 32.8. The predicted molar refractivity (Wildman–Crippen MR) is 210 cm³/mol. The molecule has 0 bridgehead atoms. The van der Waals surface area contributed by atoms with Crippen molar-refractivity contribution in [3.8, 4) is 0 Å². The maximum absolute atomic E-state index is 12.6. The van der Waals surface area contributed by atoms with Gasteiger partial charge >= 0.3 is 19.8 Å². The van der Waals surface area contributed by atoms with Crippen molar-refractivity contribution in [3.05, 3.63) is 36.5 Å². The van der Waals surface area contributed by atoms with Gasteiger partial charge in [-0.05, 0) is 64.2 Å². The zero-order valence-corrected chi connectivity index (χ0v) is 33.7. The second-order valence-electron chi connectivity index (χ2n) is 13.7. The lowest BCUT2D eigenvalue weighted by atomic mass is 10.1. The molecule has 0 heterocycles. The van der Waals surface area contributed by atoms with Crippen LogP contribution in [0.4, 0.5) is 0 Å². The number of esters is 2. The van der Waals surface area contributed by atoms with Gasteiger partial charge in [0, 0.05) is 12.8 Å². The fourth-order valence-electron chi connectivity index (χ4n) is 5.32. The van der Waals surface area contributed by atoms with Crippen molar-refractivity contribution >= 4 is 19.8 Å². The number of rotatable bonds is 38. The highest BCUT2D eigenvalue weighted by Gasteiger charge is 2.27. The van der Waals surface area contributed by atoms with Gasteiger partial charge in [-0.1, -0.05) is 134 Å². The van der Waals surface area contributed by atoms with E-state index >= 15 is 0 Å². The van der Waals surface area contributed by atoms with E-state index in [4.69, 9.17) is 19.1 Å². The summed E-state index contributed by atoms with van der Waals surface area (Å²) in [7, 11) is -4.62. The second-order valence-corrected chi connectivity index (χ2v) is 15.1. The fourth-order valence-corrected chi connectivity index (χ4v) is 6.11. The largest absolute Gasteiger partial charge is 0.472 e. The standard InChI is InChI=1S/C41H75O10P/c1-3-5-7-9-11-13-15-17-18-19-20-21-23-25-27-29-31-33-41(45)51-39(37-50-52(46,47)49-35-38(43)34-42)36-48-40(44)32-30-28-26-24-22-16-14-12-10-8-6-4-2/h12,14,20-21,25,27,38-39,42-43H,3-11,13,15-19,22-24,26,28-37H2,1-2H3,(H,46,47)/b14-12+,21-20+,27-25+/t38-,39+/m0/s1. The van der Waals surface area contributed by atoms with Crippen molar-refractivity contribution in [1.82, 2.24) is 0 Å². The third-order valence-corrected chi connectivity index (χ3v) is 9.47. The van der Waals surface area contributed by atoms with Crippen LogP contribution >= 0.6 is 7.82 Å². The number of phosphoric acid groups is 1. The summed E-state index contributed by atoms with van der Waals surface area (Å²) < 4.78 is 32.6. The van der Waals surface area contributed by atoms with E-state index < -0.39 is 51.8 Å². The maximum Gasteiger partial charge on any atom is 0.472 e. The molecule has 0 amide bonds. The highest BCUT2D eigenvalue weighted by molar-refractivity contribution is 7.47. The molecular formula is C41H75O10P. The van der Waals surface area contributed by atoms with Crippen LogP contribution in [0.2, 0.25) is 0 Å². The Labute approximate surface area is 316 Å². The lowest BCUT2D eigenvalue weighted by Crippen LogP contribution is -2.29. The minimum Gasteiger partial charge on any atom is -0.462 e. The van der Waals surface area contributed by atoms with Crippen molar-refractivity contribution < 1.29 is 47.8 Å². The number of allylic oxidation sites excluding steroid dienone is 6. The van der Waals surface area contributed by atoms with Crippen LogP contribution in [0.5, 0.6) is 0 Å². The minimum absolute atomic E-state index is 0.119. The maximum atomic E-state index is 12.6. The van der Waals surface area contributed by atoms with E-state index in [1.54, 1.807) is 0 Å². The van der Waals surface area contributed by atoms with E-state index in [2.05, 4.69) is 48.8 Å². The van der Waals surface area contributed by atoms with Crippen LogP contribution in [0.1, 0.15) is 174 Å². The molecule has 0 saturated heterocycles. The first kappa shape index (κ1) is 50.2. The van der Waals surface area contributed by atoms with Crippen LogP contribution in [0.3, 0.4) is 0 Å². The highest BCUT2D eigenvalue weighted by atomic mass is 31.2. The van der Waals surface area contributed by atoms with Gasteiger partial charge in [0.15, 0.2) is 6.10 Å². The van der Waals surface area contributed by atoms with Gasteiger partial charge < -0.3 is 24.6 Å². The van der Waals surface area contributed by atoms with Gasteiger partial charge in [-0.3, -0.25) is 18.6 Å². The van der Waals surface area contributed by atoms with Gasteiger partial charge in [-0.15, -0.1) is 0 Å². The summed E-state index contributed by atoms with van der Waals surface area (Å²) in [6.45, 7) is 2.29. The normalized spacial score (nSPS) is 14.3. The fraction of sp³-hybridized carbons (Fsp3) is 0.805. The number of aliphatic hydroxyl groups excluding tert-OH is 2. The van der Waals surface area contributed by atoms with E-state index in [0.29, 0.717) is 19.3 Å². The molecule has 0 spiro atoms. The molecule has 0 aliphatic carbocycles. The van der Waals surface area contributed by atoms with Crippen LogP contribution in [-0.4, -0.2) is 65.7 Å². The molecule has 304 valence electrons. The van der Waals surface area contributed by atoms with Gasteiger partial charge in [0.05, 0.1) is 19.8 Å². The first-order valence-corrected chi connectivity index (χ1v) is 21.9. The number of unbranched alkanes of at least 4 members (excludes halogenated alkanes) is 18. The summed E-state index contributed by atoms with van der Waals surface area (Å²) in [4.78, 5) is 34.8. The Morgan fingerprint density at radius 2 is 1.02 bits per heavy atom. The molecule has 0 aliphatic rings. The van der Waals surface area contributed by atoms with Crippen molar-refractivity contribution in [2.45, 2.75) is 187 Å². The first-order valence-electron chi connectivity index (χ1n) is 20.4. The summed E-state index contributed by atoms with van der Waals surface area (Å²) in [5.74, 6) is -0.989. The summed E-state index contributed by atoms with van der Waals surface area (Å²) in [5.41, 5.74) is 0. The monoisotopic (exact) mass is 759 g/mol. The Balaban J connectivity index is 4.40. The molecule has 0 aromatic heterocycles. The molecule has 0 aromatic rings. The molecule has 0 rings (SSSR count). The number of hydrogen-bond acceptors (Lipinski definition) is 9. The van der Waals surface area contributed by atoms with Crippen LogP contribution in [0, 0.1) is 0 Å². The quantitative estimate of drug-likeness (QED) is 0.0240. The minimum atomic E-state index is -4.62. The van der Waals surface area contributed by atoms with Gasteiger partial charge in [-0.2, -0.15) is 0 Å².